The van der Waals surface area contributed by atoms with Gasteiger partial charge in [0.25, 0.3) is 5.56 Å². The molecule has 0 aliphatic heterocycles. The molecule has 0 fully saturated rings. The first kappa shape index (κ1) is 15.0. The van der Waals surface area contributed by atoms with Crippen LogP contribution >= 0.6 is 11.6 Å². The summed E-state index contributed by atoms with van der Waals surface area (Å²) in [6.45, 7) is 6.54. The summed E-state index contributed by atoms with van der Waals surface area (Å²) in [5, 5.41) is 7.41. The Labute approximate surface area is 113 Å². The highest BCUT2D eigenvalue weighted by Crippen LogP contribution is 2.18. The first-order valence-electron chi connectivity index (χ1n) is 6.40. The molecule has 0 spiro atoms. The Kier molecular flexibility index (Phi) is 5.66. The fourth-order valence-electron chi connectivity index (χ4n) is 1.78. The van der Waals surface area contributed by atoms with E-state index in [0.29, 0.717) is 5.69 Å². The summed E-state index contributed by atoms with van der Waals surface area (Å²) in [7, 11) is 1.59. The van der Waals surface area contributed by atoms with E-state index in [-0.39, 0.29) is 16.6 Å². The van der Waals surface area contributed by atoms with Crippen LogP contribution in [0.4, 0.5) is 5.69 Å². The van der Waals surface area contributed by atoms with Crippen molar-refractivity contribution in [3.8, 4) is 0 Å². The van der Waals surface area contributed by atoms with Crippen LogP contribution in [0.25, 0.3) is 0 Å². The number of aryl methyl sites for hydroxylation is 1. The summed E-state index contributed by atoms with van der Waals surface area (Å²) in [6.07, 6.45) is 5.04. The summed E-state index contributed by atoms with van der Waals surface area (Å²) < 4.78 is 1.23. The quantitative estimate of drug-likeness (QED) is 0.865. The molecule has 1 unspecified atom stereocenters. The molecule has 0 aliphatic rings. The molecular formula is C13H22ClN3O. The van der Waals surface area contributed by atoms with E-state index < -0.39 is 0 Å². The van der Waals surface area contributed by atoms with Crippen LogP contribution in [-0.2, 0) is 7.05 Å². The molecule has 1 atom stereocenters. The van der Waals surface area contributed by atoms with E-state index in [1.807, 2.05) is 0 Å². The number of aromatic nitrogens is 2. The first-order valence-corrected chi connectivity index (χ1v) is 6.78. The number of hydrogen-bond donors (Lipinski definition) is 1. The molecule has 102 valence electrons. The van der Waals surface area contributed by atoms with E-state index in [1.165, 1.54) is 17.5 Å². The number of nitrogens with zero attached hydrogens (tertiary/aromatic N) is 2. The molecule has 1 aromatic heterocycles. The molecule has 0 aliphatic carbocycles. The van der Waals surface area contributed by atoms with Crippen molar-refractivity contribution >= 4 is 17.3 Å². The molecule has 0 saturated heterocycles. The lowest BCUT2D eigenvalue weighted by atomic mass is 10.0. The highest BCUT2D eigenvalue weighted by molar-refractivity contribution is 6.32. The Hall–Kier alpha value is -1.03. The Morgan fingerprint density at radius 3 is 2.67 bits per heavy atom. The van der Waals surface area contributed by atoms with E-state index in [4.69, 9.17) is 11.6 Å². The van der Waals surface area contributed by atoms with Crippen molar-refractivity contribution in [1.82, 2.24) is 9.78 Å². The summed E-state index contributed by atoms with van der Waals surface area (Å²) in [4.78, 5) is 11.6. The van der Waals surface area contributed by atoms with Gasteiger partial charge in [-0.05, 0) is 19.3 Å². The van der Waals surface area contributed by atoms with Crippen LogP contribution in [0.1, 0.15) is 40.0 Å². The standard InChI is InChI=1S/C13H22ClN3O/c1-9(2)6-5-7-10(3)16-11-8-15-17(4)13(18)12(11)14/h8-10,16H,5-7H2,1-4H3. The predicted molar refractivity (Wildman–Crippen MR) is 76.3 cm³/mol. The molecular weight excluding hydrogens is 250 g/mol. The topological polar surface area (TPSA) is 46.9 Å². The monoisotopic (exact) mass is 271 g/mol. The maximum atomic E-state index is 11.6. The third kappa shape index (κ3) is 4.33. The first-order chi connectivity index (χ1) is 8.41. The molecule has 0 aromatic carbocycles. The van der Waals surface area contributed by atoms with Crippen molar-refractivity contribution in [2.75, 3.05) is 5.32 Å². The fraction of sp³-hybridized carbons (Fsp3) is 0.692. The molecule has 18 heavy (non-hydrogen) atoms. The van der Waals surface area contributed by atoms with Gasteiger partial charge in [-0.25, -0.2) is 4.68 Å². The van der Waals surface area contributed by atoms with Gasteiger partial charge in [0.2, 0.25) is 0 Å². The van der Waals surface area contributed by atoms with Crippen molar-refractivity contribution in [3.63, 3.8) is 0 Å². The number of nitrogens with one attached hydrogen (secondary N) is 1. The average Bonchev–Trinajstić information content (AvgIpc) is 2.29. The van der Waals surface area contributed by atoms with Gasteiger partial charge < -0.3 is 5.32 Å². The fourth-order valence-corrected chi connectivity index (χ4v) is 2.01. The third-order valence-corrected chi connectivity index (χ3v) is 3.26. The van der Waals surface area contributed by atoms with E-state index in [9.17, 15) is 4.79 Å². The molecule has 0 amide bonds. The minimum atomic E-state index is -0.268. The molecule has 5 heteroatoms. The second-order valence-electron chi connectivity index (χ2n) is 5.17. The van der Waals surface area contributed by atoms with Gasteiger partial charge in [0.1, 0.15) is 5.02 Å². The summed E-state index contributed by atoms with van der Waals surface area (Å²) in [5.74, 6) is 0.728. The highest BCUT2D eigenvalue weighted by atomic mass is 35.5. The molecule has 1 N–H and O–H groups in total. The molecule has 0 bridgehead atoms. The number of hydrogen-bond acceptors (Lipinski definition) is 3. The lowest BCUT2D eigenvalue weighted by Gasteiger charge is -2.16. The van der Waals surface area contributed by atoms with E-state index in [1.54, 1.807) is 13.2 Å². The smallest absolute Gasteiger partial charge is 0.287 e. The van der Waals surface area contributed by atoms with Crippen molar-refractivity contribution in [3.05, 3.63) is 21.6 Å². The molecule has 1 heterocycles. The van der Waals surface area contributed by atoms with Crippen LogP contribution in [0.2, 0.25) is 5.02 Å². The van der Waals surface area contributed by atoms with Crippen molar-refractivity contribution in [2.45, 2.75) is 46.1 Å². The van der Waals surface area contributed by atoms with Crippen LogP contribution in [0.15, 0.2) is 11.0 Å². The average molecular weight is 272 g/mol. The Balaban J connectivity index is 2.57. The zero-order valence-corrected chi connectivity index (χ0v) is 12.3. The van der Waals surface area contributed by atoms with Crippen LogP contribution in [-0.4, -0.2) is 15.8 Å². The van der Waals surface area contributed by atoms with E-state index in [0.717, 1.165) is 12.3 Å². The van der Waals surface area contributed by atoms with Crippen LogP contribution in [0.5, 0.6) is 0 Å². The van der Waals surface area contributed by atoms with Gasteiger partial charge in [-0.1, -0.05) is 38.3 Å². The number of rotatable bonds is 6. The molecule has 1 rings (SSSR count). The van der Waals surface area contributed by atoms with E-state index in [2.05, 4.69) is 31.2 Å². The summed E-state index contributed by atoms with van der Waals surface area (Å²) in [6, 6.07) is 0.287. The number of halogens is 1. The minimum absolute atomic E-state index is 0.211. The van der Waals surface area contributed by atoms with Gasteiger partial charge in [-0.2, -0.15) is 5.10 Å². The van der Waals surface area contributed by atoms with Crippen LogP contribution in [0.3, 0.4) is 0 Å². The Morgan fingerprint density at radius 2 is 2.06 bits per heavy atom. The SMILES string of the molecule is CC(C)CCCC(C)Nc1cnn(C)c(=O)c1Cl. The van der Waals surface area contributed by atoms with Gasteiger partial charge in [0.15, 0.2) is 0 Å². The zero-order chi connectivity index (χ0) is 13.7. The second-order valence-corrected chi connectivity index (χ2v) is 5.55. The van der Waals surface area contributed by atoms with Gasteiger partial charge in [0, 0.05) is 13.1 Å². The normalized spacial score (nSPS) is 12.8. The lowest BCUT2D eigenvalue weighted by molar-refractivity contribution is 0.520. The van der Waals surface area contributed by atoms with Crippen LogP contribution in [0, 0.1) is 5.92 Å². The van der Waals surface area contributed by atoms with Crippen molar-refractivity contribution < 1.29 is 0 Å². The summed E-state index contributed by atoms with van der Waals surface area (Å²) >= 11 is 5.99. The van der Waals surface area contributed by atoms with Gasteiger partial charge >= 0.3 is 0 Å². The molecule has 0 saturated carbocycles. The largest absolute Gasteiger partial charge is 0.380 e. The van der Waals surface area contributed by atoms with Crippen LogP contribution < -0.4 is 10.9 Å². The van der Waals surface area contributed by atoms with E-state index >= 15 is 0 Å². The zero-order valence-electron chi connectivity index (χ0n) is 11.5. The molecule has 4 nitrogen and oxygen atoms in total. The molecule has 0 radical (unpaired) electrons. The van der Waals surface area contributed by atoms with Gasteiger partial charge in [-0.15, -0.1) is 0 Å². The maximum absolute atomic E-state index is 11.6. The Bertz CT molecular complexity index is 442. The van der Waals surface area contributed by atoms with Gasteiger partial charge in [-0.3, -0.25) is 4.79 Å². The minimum Gasteiger partial charge on any atom is -0.380 e. The lowest BCUT2D eigenvalue weighted by Crippen LogP contribution is -2.23. The van der Waals surface area contributed by atoms with Gasteiger partial charge in [0.05, 0.1) is 11.9 Å². The predicted octanol–water partition coefficient (Wildman–Crippen LogP) is 3.06. The molecule has 1 aromatic rings. The van der Waals surface area contributed by atoms with Crippen molar-refractivity contribution in [2.24, 2.45) is 13.0 Å². The maximum Gasteiger partial charge on any atom is 0.287 e. The summed E-state index contributed by atoms with van der Waals surface area (Å²) in [5.41, 5.74) is 0.355. The second kappa shape index (κ2) is 6.78. The number of anilines is 1. The highest BCUT2D eigenvalue weighted by Gasteiger charge is 2.10. The van der Waals surface area contributed by atoms with Crippen molar-refractivity contribution in [1.29, 1.82) is 0 Å². The third-order valence-electron chi connectivity index (χ3n) is 2.90. The Morgan fingerprint density at radius 1 is 1.39 bits per heavy atom.